The average Bonchev–Trinajstić information content (AvgIpc) is 1.96. The van der Waals surface area contributed by atoms with Crippen molar-refractivity contribution in [3.05, 3.63) is 0 Å². The van der Waals surface area contributed by atoms with Gasteiger partial charge in [0.25, 0.3) is 0 Å². The maximum atomic E-state index is 11.5. The highest BCUT2D eigenvalue weighted by atomic mass is 16.4. The summed E-state index contributed by atoms with van der Waals surface area (Å²) in [5.74, 6) is -4.52. The second kappa shape index (κ2) is 5.88. The SMILES string of the molecule is CC(=O)CC(=O)C(C(=O)[O-])C(O)C[N+](C)(C)C. The summed E-state index contributed by atoms with van der Waals surface area (Å²) in [6.45, 7) is 1.28. The summed E-state index contributed by atoms with van der Waals surface area (Å²) in [6, 6.07) is 0. The van der Waals surface area contributed by atoms with Gasteiger partial charge >= 0.3 is 0 Å². The standard InChI is InChI=1S/C11H19NO5/c1-7(13)5-8(14)10(11(16)17)9(15)6-12(2,3)4/h9-10,15H,5-6H2,1-4H3. The number of carboxylic acid groups (broad SMARTS) is 1. The van der Waals surface area contributed by atoms with Crippen molar-refractivity contribution in [2.75, 3.05) is 27.7 Å². The predicted molar refractivity (Wildman–Crippen MR) is 57.7 cm³/mol. The molecule has 0 aromatic carbocycles. The van der Waals surface area contributed by atoms with Crippen LogP contribution in [0.4, 0.5) is 0 Å². The van der Waals surface area contributed by atoms with Gasteiger partial charge < -0.3 is 19.5 Å². The van der Waals surface area contributed by atoms with Crippen LogP contribution in [-0.4, -0.2) is 60.9 Å². The number of rotatable bonds is 7. The first kappa shape index (κ1) is 15.7. The van der Waals surface area contributed by atoms with Crippen LogP contribution in [0.1, 0.15) is 13.3 Å². The van der Waals surface area contributed by atoms with Crippen molar-refractivity contribution < 1.29 is 29.1 Å². The lowest BCUT2D eigenvalue weighted by molar-refractivity contribution is -0.873. The molecule has 0 aromatic heterocycles. The molecule has 98 valence electrons. The summed E-state index contributed by atoms with van der Waals surface area (Å²) in [5.41, 5.74) is 0. The number of aliphatic hydroxyl groups excluding tert-OH is 1. The zero-order valence-corrected chi connectivity index (χ0v) is 10.6. The first-order valence-electron chi connectivity index (χ1n) is 5.26. The minimum atomic E-state index is -1.64. The molecule has 0 saturated carbocycles. The van der Waals surface area contributed by atoms with Crippen molar-refractivity contribution >= 4 is 17.5 Å². The van der Waals surface area contributed by atoms with E-state index < -0.39 is 36.0 Å². The Kier molecular flexibility index (Phi) is 5.44. The van der Waals surface area contributed by atoms with Crippen molar-refractivity contribution in [1.29, 1.82) is 0 Å². The quantitative estimate of drug-likeness (QED) is 0.412. The topological polar surface area (TPSA) is 94.5 Å². The second-order valence-electron chi connectivity index (χ2n) is 5.18. The van der Waals surface area contributed by atoms with Crippen molar-refractivity contribution in [3.63, 3.8) is 0 Å². The van der Waals surface area contributed by atoms with Crippen LogP contribution >= 0.6 is 0 Å². The van der Waals surface area contributed by atoms with Crippen molar-refractivity contribution in [3.8, 4) is 0 Å². The van der Waals surface area contributed by atoms with Crippen molar-refractivity contribution in [2.24, 2.45) is 5.92 Å². The molecule has 2 atom stereocenters. The number of carbonyl (C=O) groups excluding carboxylic acids is 3. The summed E-state index contributed by atoms with van der Waals surface area (Å²) in [5, 5.41) is 20.6. The van der Waals surface area contributed by atoms with Crippen LogP contribution < -0.4 is 5.11 Å². The number of nitrogens with zero attached hydrogens (tertiary/aromatic N) is 1. The molecule has 0 bridgehead atoms. The van der Waals surface area contributed by atoms with Crippen molar-refractivity contribution in [1.82, 2.24) is 0 Å². The molecule has 0 aliphatic carbocycles. The Hall–Kier alpha value is -1.27. The minimum absolute atomic E-state index is 0.0856. The lowest BCUT2D eigenvalue weighted by atomic mass is 9.93. The fourth-order valence-electron chi connectivity index (χ4n) is 1.53. The number of carbonyl (C=O) groups is 3. The first-order valence-corrected chi connectivity index (χ1v) is 5.26. The fraction of sp³-hybridized carbons (Fsp3) is 0.727. The number of hydrogen-bond donors (Lipinski definition) is 1. The van der Waals surface area contributed by atoms with Gasteiger partial charge in [-0.3, -0.25) is 9.59 Å². The molecule has 2 unspecified atom stereocenters. The Bertz CT molecular complexity index is 318. The highest BCUT2D eigenvalue weighted by Crippen LogP contribution is 2.11. The van der Waals surface area contributed by atoms with Crippen molar-refractivity contribution in [2.45, 2.75) is 19.4 Å². The number of aliphatic hydroxyl groups is 1. The summed E-state index contributed by atoms with van der Waals surface area (Å²) >= 11 is 0. The number of Topliss-reactive ketones (excluding diaryl/α,β-unsaturated/α-hetero) is 2. The molecule has 0 amide bonds. The van der Waals surface area contributed by atoms with Crippen LogP contribution in [0.3, 0.4) is 0 Å². The summed E-state index contributed by atoms with van der Waals surface area (Å²) in [6.07, 6.45) is -1.85. The average molecular weight is 245 g/mol. The van der Waals surface area contributed by atoms with Gasteiger partial charge in [0.2, 0.25) is 0 Å². The Morgan fingerprint density at radius 3 is 2.00 bits per heavy atom. The molecule has 0 saturated heterocycles. The molecule has 0 rings (SSSR count). The largest absolute Gasteiger partial charge is 0.549 e. The monoisotopic (exact) mass is 245 g/mol. The van der Waals surface area contributed by atoms with E-state index in [9.17, 15) is 24.6 Å². The van der Waals surface area contributed by atoms with E-state index in [1.807, 2.05) is 0 Å². The van der Waals surface area contributed by atoms with Gasteiger partial charge in [-0.2, -0.15) is 0 Å². The van der Waals surface area contributed by atoms with E-state index in [2.05, 4.69) is 0 Å². The number of ketones is 2. The van der Waals surface area contributed by atoms with Crippen LogP contribution in [-0.2, 0) is 14.4 Å². The molecule has 0 fully saturated rings. The Balaban J connectivity index is 4.80. The third kappa shape index (κ3) is 6.13. The minimum Gasteiger partial charge on any atom is -0.549 e. The third-order valence-electron chi connectivity index (χ3n) is 2.14. The van der Waals surface area contributed by atoms with E-state index in [0.29, 0.717) is 4.48 Å². The summed E-state index contributed by atoms with van der Waals surface area (Å²) in [4.78, 5) is 33.1. The summed E-state index contributed by atoms with van der Waals surface area (Å²) in [7, 11) is 5.26. The molecule has 0 spiro atoms. The molecule has 1 N–H and O–H groups in total. The number of aliphatic carboxylic acids is 1. The van der Waals surface area contributed by atoms with Gasteiger partial charge in [-0.15, -0.1) is 0 Å². The second-order valence-corrected chi connectivity index (χ2v) is 5.18. The molecule has 0 radical (unpaired) electrons. The van der Waals surface area contributed by atoms with Gasteiger partial charge in [-0.05, 0) is 6.92 Å². The maximum Gasteiger partial charge on any atom is 0.151 e. The smallest absolute Gasteiger partial charge is 0.151 e. The van der Waals surface area contributed by atoms with E-state index >= 15 is 0 Å². The van der Waals surface area contributed by atoms with Gasteiger partial charge in [0.15, 0.2) is 5.78 Å². The molecule has 6 heteroatoms. The molecular weight excluding hydrogens is 226 g/mol. The van der Waals surface area contributed by atoms with Gasteiger partial charge in [0.05, 0.1) is 39.5 Å². The first-order chi connectivity index (χ1) is 7.54. The zero-order chi connectivity index (χ0) is 13.8. The van der Waals surface area contributed by atoms with Gasteiger partial charge in [-0.1, -0.05) is 0 Å². The molecule has 0 aromatic rings. The number of likely N-dealkylation sites (N-methyl/N-ethyl adjacent to an activating group) is 1. The molecule has 17 heavy (non-hydrogen) atoms. The van der Waals surface area contributed by atoms with Crippen LogP contribution in [0.25, 0.3) is 0 Å². The molecule has 6 nitrogen and oxygen atoms in total. The Morgan fingerprint density at radius 2 is 1.71 bits per heavy atom. The van der Waals surface area contributed by atoms with Crippen LogP contribution in [0, 0.1) is 5.92 Å². The van der Waals surface area contributed by atoms with E-state index in [-0.39, 0.29) is 6.54 Å². The third-order valence-corrected chi connectivity index (χ3v) is 2.14. The van der Waals surface area contributed by atoms with Crippen LogP contribution in [0.2, 0.25) is 0 Å². The predicted octanol–water partition coefficient (Wildman–Crippen LogP) is -2.03. The van der Waals surface area contributed by atoms with E-state index in [1.165, 1.54) is 6.92 Å². The maximum absolute atomic E-state index is 11.5. The molecule has 0 aliphatic heterocycles. The highest BCUT2D eigenvalue weighted by molar-refractivity contribution is 6.06. The van der Waals surface area contributed by atoms with Gasteiger partial charge in [-0.25, -0.2) is 0 Å². The number of quaternary nitrogens is 1. The summed E-state index contributed by atoms with van der Waals surface area (Å²) < 4.78 is 0.304. The Morgan fingerprint density at radius 1 is 1.24 bits per heavy atom. The molecular formula is C11H19NO5. The van der Waals surface area contributed by atoms with Gasteiger partial charge in [0.1, 0.15) is 18.4 Å². The zero-order valence-electron chi connectivity index (χ0n) is 10.6. The normalized spacial score (nSPS) is 15.1. The van der Waals surface area contributed by atoms with Crippen LogP contribution in [0.5, 0.6) is 0 Å². The number of hydrogen-bond acceptors (Lipinski definition) is 5. The lowest BCUT2D eigenvalue weighted by Gasteiger charge is -2.30. The van der Waals surface area contributed by atoms with E-state index in [1.54, 1.807) is 21.1 Å². The lowest BCUT2D eigenvalue weighted by Crippen LogP contribution is -2.51. The highest BCUT2D eigenvalue weighted by Gasteiger charge is 2.32. The van der Waals surface area contributed by atoms with Gasteiger partial charge in [0, 0.05) is 0 Å². The van der Waals surface area contributed by atoms with Crippen LogP contribution in [0.15, 0.2) is 0 Å². The fourth-order valence-corrected chi connectivity index (χ4v) is 1.53. The van der Waals surface area contributed by atoms with E-state index in [4.69, 9.17) is 0 Å². The number of carboxylic acids is 1. The Labute approximate surface area is 100 Å². The molecule has 0 heterocycles. The molecule has 0 aliphatic rings. The van der Waals surface area contributed by atoms with E-state index in [0.717, 1.165) is 0 Å².